The Kier molecular flexibility index (Phi) is 31.5. The number of aromatic hydroxyl groups is 1. The lowest BCUT2D eigenvalue weighted by Crippen LogP contribution is -2.14. The summed E-state index contributed by atoms with van der Waals surface area (Å²) in [5, 5.41) is 44.6. The first-order valence-corrected chi connectivity index (χ1v) is 29.5. The molecule has 0 radical (unpaired) electrons. The molecule has 3 heterocycles. The fourth-order valence-electron chi connectivity index (χ4n) is 7.09. The van der Waals surface area contributed by atoms with Crippen LogP contribution in [0.1, 0.15) is 44.7 Å². The molecule has 8 aromatic rings. The van der Waals surface area contributed by atoms with Gasteiger partial charge in [-0.3, -0.25) is 29.8 Å². The van der Waals surface area contributed by atoms with E-state index in [2.05, 4.69) is 56.2 Å². The Morgan fingerprint density at radius 2 is 1.12 bits per heavy atom. The van der Waals surface area contributed by atoms with Crippen molar-refractivity contribution in [1.82, 2.24) is 20.2 Å². The number of H-pyrrole nitrogens is 2. The number of aromatic amines is 2. The molecule has 94 heavy (non-hydrogen) atoms. The van der Waals surface area contributed by atoms with Gasteiger partial charge in [-0.15, -0.1) is 5.10 Å². The standard InChI is InChI=1S/C18H14Cl2N4O3.C11H12N2O4.C10H12N2O5.C10H14N2O3.C6H6N2O3.C4H7BrO2/c19-13-3-1-10(5-14(13)20)8-21-18-24-23-17(27-18)9-26-12-2-4-15-11(6-12)7-16(25)22-15;1-2-16-10(14)6-17-7-3-4-8-9(5-7)13-11(15)12-8;1-2-16-10(13)6-17-7-3-4-8(11)9(5-7)12(14)15;1-2-14-10(13)6-15-7-3-4-8(11)9(12)5-7;7-5-2-1-4(9)3-6(5)8(10)11;1-2-7-4(6)3-5/h1-6H,7-9H2,(H,21,24)(H,22,25);3-5H,2,6H2,1H3,(H2,12,13,15);3-5H,2,6,11H2,1H3;3-5H,2,6,11-12H2,1H3;1-3,9H,7H2;2-3H2,1H3. The van der Waals surface area contributed by atoms with E-state index < -0.39 is 27.8 Å². The average molecular weight is 1410 g/mol. The van der Waals surface area contributed by atoms with E-state index in [1.807, 2.05) is 18.2 Å². The maximum Gasteiger partial charge on any atom is 0.344 e. The van der Waals surface area contributed by atoms with Crippen LogP contribution in [0.3, 0.4) is 0 Å². The number of alkyl halides is 1. The van der Waals surface area contributed by atoms with Gasteiger partial charge in [0.15, 0.2) is 26.4 Å². The minimum absolute atomic E-state index is 0.0169. The van der Waals surface area contributed by atoms with Gasteiger partial charge in [-0.25, -0.2) is 19.2 Å². The van der Waals surface area contributed by atoms with Crippen molar-refractivity contribution in [2.24, 2.45) is 0 Å². The first kappa shape index (κ1) is 75.4. The van der Waals surface area contributed by atoms with Crippen molar-refractivity contribution in [2.75, 3.05) is 85.1 Å². The molecule has 0 unspecified atom stereocenters. The van der Waals surface area contributed by atoms with Crippen LogP contribution in [0.4, 0.5) is 45.8 Å². The first-order chi connectivity index (χ1) is 44.8. The number of ether oxygens (including phenoxy) is 8. The summed E-state index contributed by atoms with van der Waals surface area (Å²) < 4.78 is 45.1. The number of phenolic OH excluding ortho intramolecular Hbond substituents is 1. The minimum Gasteiger partial charge on any atom is -0.508 e. The predicted octanol–water partition coefficient (Wildman–Crippen LogP) is 8.60. The highest BCUT2D eigenvalue weighted by Gasteiger charge is 2.19. The number of fused-ring (bicyclic) bond motifs is 2. The van der Waals surface area contributed by atoms with Crippen LogP contribution < -0.4 is 58.2 Å². The zero-order valence-electron chi connectivity index (χ0n) is 50.6. The van der Waals surface area contributed by atoms with Crippen molar-refractivity contribution >= 4 is 126 Å². The number of aromatic nitrogens is 4. The van der Waals surface area contributed by atoms with Crippen LogP contribution in [0, 0.1) is 20.2 Å². The molecule has 0 bridgehead atoms. The zero-order valence-corrected chi connectivity index (χ0v) is 53.7. The Hall–Kier alpha value is -11.1. The summed E-state index contributed by atoms with van der Waals surface area (Å²) in [5.41, 5.74) is 25.9. The number of rotatable bonds is 22. The molecule has 2 aromatic heterocycles. The number of phenols is 1. The maximum atomic E-state index is 11.4. The second-order valence-corrected chi connectivity index (χ2v) is 19.6. The number of hydrogen-bond acceptors (Lipinski definition) is 27. The average Bonchev–Trinajstić information content (AvgIpc) is 1.70. The molecule has 0 aliphatic carbocycles. The van der Waals surface area contributed by atoms with Crippen molar-refractivity contribution in [3.8, 4) is 28.7 Å². The van der Waals surface area contributed by atoms with Gasteiger partial charge in [-0.2, -0.15) is 0 Å². The number of nitrogens with two attached hydrogens (primary N) is 4. The molecule has 1 aliphatic heterocycles. The van der Waals surface area contributed by atoms with Gasteiger partial charge in [-0.05, 0) is 118 Å². The van der Waals surface area contributed by atoms with Crippen molar-refractivity contribution in [3.63, 3.8) is 0 Å². The number of nitrogens with one attached hydrogen (secondary N) is 4. The van der Waals surface area contributed by atoms with Crippen molar-refractivity contribution in [1.29, 1.82) is 0 Å². The number of nitrogen functional groups attached to an aromatic ring is 4. The topological polar surface area (TPSA) is 481 Å². The van der Waals surface area contributed by atoms with Crippen LogP contribution in [-0.4, -0.2) is 116 Å². The second kappa shape index (κ2) is 39.3. The number of carbonyl (C=O) groups is 5. The molecular weight excluding hydrogens is 1350 g/mol. The number of esters is 4. The number of hydrogen-bond donors (Lipinski definition) is 9. The number of carbonyl (C=O) groups excluding carboxylic acids is 5. The molecule has 1 aliphatic rings. The largest absolute Gasteiger partial charge is 0.508 e. The maximum absolute atomic E-state index is 11.4. The molecule has 0 saturated carbocycles. The molecular formula is C59H65BrCl2N12O20. The van der Waals surface area contributed by atoms with Crippen LogP contribution in [0.25, 0.3) is 11.0 Å². The smallest absolute Gasteiger partial charge is 0.344 e. The number of imidazole rings is 1. The summed E-state index contributed by atoms with van der Waals surface area (Å²) in [6, 6.07) is 28.4. The molecule has 0 spiro atoms. The normalized spacial score (nSPS) is 10.5. The fraction of sp³-hybridized carbons (Fsp3) is 0.254. The van der Waals surface area contributed by atoms with E-state index in [9.17, 15) is 49.0 Å². The number of halogens is 3. The number of anilines is 6. The molecule has 32 nitrogen and oxygen atoms in total. The molecule has 0 atom stereocenters. The van der Waals surface area contributed by atoms with Gasteiger partial charge in [0, 0.05) is 24.4 Å². The Labute approximate surface area is 552 Å². The Morgan fingerprint density at radius 3 is 1.66 bits per heavy atom. The van der Waals surface area contributed by atoms with Gasteiger partial charge in [0.1, 0.15) is 45.5 Å². The summed E-state index contributed by atoms with van der Waals surface area (Å²) in [5.74, 6) is 0.407. The van der Waals surface area contributed by atoms with Gasteiger partial charge in [0.2, 0.25) is 5.91 Å². The van der Waals surface area contributed by atoms with Gasteiger partial charge in [0.25, 0.3) is 17.3 Å². The number of nitrogens with zero attached hydrogens (tertiary/aromatic N) is 4. The van der Waals surface area contributed by atoms with Crippen molar-refractivity contribution < 1.29 is 81.2 Å². The molecule has 502 valence electrons. The molecule has 35 heteroatoms. The number of amides is 1. The lowest BCUT2D eigenvalue weighted by Gasteiger charge is -2.07. The third-order valence-electron chi connectivity index (χ3n) is 11.3. The van der Waals surface area contributed by atoms with Crippen LogP contribution in [0.15, 0.2) is 118 Å². The second-order valence-electron chi connectivity index (χ2n) is 18.2. The number of nitro benzene ring substituents is 2. The molecule has 0 fully saturated rings. The van der Waals surface area contributed by atoms with E-state index in [1.54, 1.807) is 82.3 Å². The number of nitro groups is 2. The third kappa shape index (κ3) is 26.8. The summed E-state index contributed by atoms with van der Waals surface area (Å²) >= 11 is 14.8. The minimum atomic E-state index is -0.644. The van der Waals surface area contributed by atoms with E-state index in [0.29, 0.717) is 93.7 Å². The summed E-state index contributed by atoms with van der Waals surface area (Å²) in [6.07, 6.45) is 0.357. The molecule has 1 amide bonds. The van der Waals surface area contributed by atoms with Crippen molar-refractivity contribution in [3.05, 3.63) is 167 Å². The number of benzene rings is 6. The lowest BCUT2D eigenvalue weighted by molar-refractivity contribution is -0.384. The van der Waals surface area contributed by atoms with Gasteiger partial charge in [0.05, 0.1) is 87.3 Å². The molecule has 6 aromatic carbocycles. The molecule has 13 N–H and O–H groups in total. The SMILES string of the molecule is CCOC(=O)CBr.CCOC(=O)COc1ccc(N)c(N)c1.CCOC(=O)COc1ccc(N)c([N+](=O)[O-])c1.CCOC(=O)COc1ccc2[nH]c(=O)[nH]c2c1.Nc1ccc(O)cc1[N+](=O)[O-].O=C1Cc2cc(OCc3nnc(NCc4ccc(Cl)c(Cl)c4)o3)ccc2N1. The van der Waals surface area contributed by atoms with Crippen LogP contribution in [0.5, 0.6) is 28.7 Å². The Balaban J connectivity index is 0.000000251. The van der Waals surface area contributed by atoms with E-state index in [4.69, 9.17) is 84.1 Å². The monoisotopic (exact) mass is 1410 g/mol. The lowest BCUT2D eigenvalue weighted by atomic mass is 10.1. The van der Waals surface area contributed by atoms with E-state index in [1.165, 1.54) is 24.3 Å². The van der Waals surface area contributed by atoms with Crippen LogP contribution >= 0.6 is 39.1 Å². The quantitative estimate of drug-likeness (QED) is 0.00583. The van der Waals surface area contributed by atoms with Gasteiger partial charge >= 0.3 is 35.6 Å². The summed E-state index contributed by atoms with van der Waals surface area (Å²) in [7, 11) is 0. The van der Waals surface area contributed by atoms with E-state index >= 15 is 0 Å². The third-order valence-corrected chi connectivity index (χ3v) is 12.5. The van der Waals surface area contributed by atoms with Gasteiger partial charge in [-0.1, -0.05) is 50.3 Å². The summed E-state index contributed by atoms with van der Waals surface area (Å²) in [6.45, 7) is 8.32. The Morgan fingerprint density at radius 1 is 0.606 bits per heavy atom. The van der Waals surface area contributed by atoms with Crippen LogP contribution in [-0.2, 0) is 62.5 Å². The van der Waals surface area contributed by atoms with E-state index in [0.717, 1.165) is 28.9 Å². The highest BCUT2D eigenvalue weighted by Crippen LogP contribution is 2.30. The summed E-state index contributed by atoms with van der Waals surface area (Å²) in [4.78, 5) is 90.3. The molecule has 0 saturated heterocycles. The van der Waals surface area contributed by atoms with Gasteiger partial charge < -0.3 is 91.0 Å². The highest BCUT2D eigenvalue weighted by molar-refractivity contribution is 9.09. The van der Waals surface area contributed by atoms with Crippen molar-refractivity contribution in [2.45, 2.75) is 47.3 Å². The first-order valence-electron chi connectivity index (χ1n) is 27.6. The molecule has 9 rings (SSSR count). The Bertz CT molecular complexity index is 3930. The highest BCUT2D eigenvalue weighted by atomic mass is 79.9. The zero-order chi connectivity index (χ0) is 69.3. The fourth-order valence-corrected chi connectivity index (χ4v) is 7.57. The predicted molar refractivity (Wildman–Crippen MR) is 349 cm³/mol. The van der Waals surface area contributed by atoms with E-state index in [-0.39, 0.29) is 90.9 Å². The van der Waals surface area contributed by atoms with Crippen LogP contribution in [0.2, 0.25) is 10.0 Å².